The Morgan fingerprint density at radius 1 is 1.31 bits per heavy atom. The minimum Gasteiger partial charge on any atom is -0.326 e. The van der Waals surface area contributed by atoms with Gasteiger partial charge in [0.05, 0.1) is 5.75 Å². The Morgan fingerprint density at radius 2 is 1.94 bits per heavy atom. The van der Waals surface area contributed by atoms with Gasteiger partial charge >= 0.3 is 0 Å². The summed E-state index contributed by atoms with van der Waals surface area (Å²) in [5.74, 6) is -0.0426. The predicted octanol–water partition coefficient (Wildman–Crippen LogP) is 0.0413. The van der Waals surface area contributed by atoms with Crippen molar-refractivity contribution in [3.05, 3.63) is 35.4 Å². The lowest BCUT2D eigenvalue weighted by atomic mass is 10.1. The summed E-state index contributed by atoms with van der Waals surface area (Å²) >= 11 is 0. The second-order valence-electron chi connectivity index (χ2n) is 3.77. The van der Waals surface area contributed by atoms with Crippen LogP contribution in [0.5, 0.6) is 0 Å². The third-order valence-corrected chi connectivity index (χ3v) is 3.26. The molecular weight excluding hydrogens is 226 g/mol. The van der Waals surface area contributed by atoms with Crippen molar-refractivity contribution in [2.45, 2.75) is 12.3 Å². The Morgan fingerprint density at radius 3 is 2.50 bits per heavy atom. The normalized spacial score (nSPS) is 12.0. The molecule has 5 nitrogen and oxygen atoms in total. The number of nitrogens with zero attached hydrogens (tertiary/aromatic N) is 1. The van der Waals surface area contributed by atoms with E-state index in [0.29, 0.717) is 6.54 Å². The van der Waals surface area contributed by atoms with Crippen LogP contribution in [0.15, 0.2) is 24.3 Å². The van der Waals surface area contributed by atoms with Crippen LogP contribution >= 0.6 is 0 Å². The molecular formula is C10H17N3O2S. The highest BCUT2D eigenvalue weighted by Crippen LogP contribution is 2.08. The van der Waals surface area contributed by atoms with Gasteiger partial charge in [0, 0.05) is 20.6 Å². The van der Waals surface area contributed by atoms with Crippen molar-refractivity contribution >= 4 is 10.0 Å². The van der Waals surface area contributed by atoms with Gasteiger partial charge in [0.15, 0.2) is 0 Å². The number of hydrogen-bond donors (Lipinski definition) is 2. The van der Waals surface area contributed by atoms with Gasteiger partial charge in [-0.05, 0) is 11.1 Å². The first-order valence-corrected chi connectivity index (χ1v) is 6.53. The van der Waals surface area contributed by atoms with Gasteiger partial charge < -0.3 is 5.73 Å². The monoisotopic (exact) mass is 243 g/mol. The molecule has 0 aliphatic heterocycles. The van der Waals surface area contributed by atoms with Crippen molar-refractivity contribution < 1.29 is 8.42 Å². The van der Waals surface area contributed by atoms with Crippen molar-refractivity contribution in [2.75, 3.05) is 14.1 Å². The first-order valence-electron chi connectivity index (χ1n) is 4.88. The standard InChI is InChI=1S/C10H17N3O2S/c1-13(2)12-16(14,15)8-10-5-3-4-9(6-10)7-11/h3-6,12H,7-8,11H2,1-2H3. The summed E-state index contributed by atoms with van der Waals surface area (Å²) in [6.45, 7) is 0.412. The quantitative estimate of drug-likeness (QED) is 0.716. The topological polar surface area (TPSA) is 75.4 Å². The lowest BCUT2D eigenvalue weighted by molar-refractivity contribution is 0.363. The van der Waals surface area contributed by atoms with E-state index in [1.807, 2.05) is 12.1 Å². The molecule has 0 fully saturated rings. The van der Waals surface area contributed by atoms with Crippen LogP contribution in [0, 0.1) is 0 Å². The fourth-order valence-electron chi connectivity index (χ4n) is 1.38. The third-order valence-electron chi connectivity index (χ3n) is 1.91. The van der Waals surface area contributed by atoms with E-state index < -0.39 is 10.0 Å². The summed E-state index contributed by atoms with van der Waals surface area (Å²) in [5.41, 5.74) is 7.15. The molecule has 1 rings (SSSR count). The Bertz CT molecular complexity index is 443. The van der Waals surface area contributed by atoms with E-state index in [1.54, 1.807) is 26.2 Å². The highest BCUT2D eigenvalue weighted by Gasteiger charge is 2.12. The second kappa shape index (κ2) is 5.40. The van der Waals surface area contributed by atoms with E-state index in [4.69, 9.17) is 5.73 Å². The molecule has 0 saturated heterocycles. The van der Waals surface area contributed by atoms with E-state index in [2.05, 4.69) is 4.83 Å². The molecule has 0 aliphatic rings. The minimum absolute atomic E-state index is 0.0426. The summed E-state index contributed by atoms with van der Waals surface area (Å²) in [4.78, 5) is 2.38. The lowest BCUT2D eigenvalue weighted by Gasteiger charge is -2.12. The molecule has 0 saturated carbocycles. The Labute approximate surface area is 96.3 Å². The Hall–Kier alpha value is -0.950. The van der Waals surface area contributed by atoms with E-state index in [1.165, 1.54) is 5.01 Å². The molecule has 0 heterocycles. The van der Waals surface area contributed by atoms with Crippen LogP contribution in [0.2, 0.25) is 0 Å². The molecule has 6 heteroatoms. The molecule has 0 radical (unpaired) electrons. The molecule has 0 amide bonds. The Balaban J connectivity index is 2.80. The van der Waals surface area contributed by atoms with Gasteiger partial charge in [0.2, 0.25) is 10.0 Å². The lowest BCUT2D eigenvalue weighted by Crippen LogP contribution is -2.36. The zero-order valence-corrected chi connectivity index (χ0v) is 10.3. The highest BCUT2D eigenvalue weighted by molar-refractivity contribution is 7.88. The smallest absolute Gasteiger partial charge is 0.228 e. The molecule has 3 N–H and O–H groups in total. The molecule has 0 bridgehead atoms. The molecule has 0 spiro atoms. The van der Waals surface area contributed by atoms with E-state index >= 15 is 0 Å². The molecule has 0 unspecified atom stereocenters. The molecule has 1 aromatic rings. The zero-order chi connectivity index (χ0) is 12.2. The number of hydrazine groups is 1. The maximum absolute atomic E-state index is 11.6. The average molecular weight is 243 g/mol. The molecule has 16 heavy (non-hydrogen) atoms. The summed E-state index contributed by atoms with van der Waals surface area (Å²) < 4.78 is 23.3. The number of benzene rings is 1. The largest absolute Gasteiger partial charge is 0.326 e. The van der Waals surface area contributed by atoms with Crippen molar-refractivity contribution in [3.63, 3.8) is 0 Å². The summed E-state index contributed by atoms with van der Waals surface area (Å²) in [7, 11) is -0.0582. The number of rotatable bonds is 5. The Kier molecular flexibility index (Phi) is 4.43. The second-order valence-corrected chi connectivity index (χ2v) is 5.47. The van der Waals surface area contributed by atoms with Crippen molar-refractivity contribution in [1.29, 1.82) is 0 Å². The van der Waals surface area contributed by atoms with E-state index in [9.17, 15) is 8.42 Å². The summed E-state index contributed by atoms with van der Waals surface area (Å²) in [6, 6.07) is 7.25. The maximum atomic E-state index is 11.6. The van der Waals surface area contributed by atoms with Crippen LogP contribution in [0.1, 0.15) is 11.1 Å². The summed E-state index contributed by atoms with van der Waals surface area (Å²) in [5, 5.41) is 1.40. The van der Waals surface area contributed by atoms with Crippen LogP contribution in [-0.4, -0.2) is 27.5 Å². The fraction of sp³-hybridized carbons (Fsp3) is 0.400. The SMILES string of the molecule is CN(C)NS(=O)(=O)Cc1cccc(CN)c1. The van der Waals surface area contributed by atoms with Crippen LogP contribution in [0.25, 0.3) is 0 Å². The first-order chi connectivity index (χ1) is 7.43. The van der Waals surface area contributed by atoms with Gasteiger partial charge in [0.25, 0.3) is 0 Å². The first kappa shape index (κ1) is 13.1. The maximum Gasteiger partial charge on any atom is 0.228 e. The molecule has 0 atom stereocenters. The van der Waals surface area contributed by atoms with Gasteiger partial charge in [-0.15, -0.1) is 4.83 Å². The van der Waals surface area contributed by atoms with Gasteiger partial charge in [0.1, 0.15) is 0 Å². The fourth-order valence-corrected chi connectivity index (χ4v) is 2.62. The van der Waals surface area contributed by atoms with Crippen LogP contribution in [0.4, 0.5) is 0 Å². The van der Waals surface area contributed by atoms with Gasteiger partial charge in [-0.2, -0.15) is 0 Å². The van der Waals surface area contributed by atoms with Crippen molar-refractivity contribution in [2.24, 2.45) is 5.73 Å². The highest BCUT2D eigenvalue weighted by atomic mass is 32.2. The van der Waals surface area contributed by atoms with Crippen molar-refractivity contribution in [3.8, 4) is 0 Å². The molecule has 90 valence electrons. The van der Waals surface area contributed by atoms with Gasteiger partial charge in [-0.25, -0.2) is 13.4 Å². The number of nitrogens with one attached hydrogen (secondary N) is 1. The number of nitrogens with two attached hydrogens (primary N) is 1. The van der Waals surface area contributed by atoms with Crippen LogP contribution in [-0.2, 0) is 22.3 Å². The molecule has 0 aliphatic carbocycles. The van der Waals surface area contributed by atoms with Crippen LogP contribution in [0.3, 0.4) is 0 Å². The zero-order valence-electron chi connectivity index (χ0n) is 9.47. The predicted molar refractivity (Wildman–Crippen MR) is 63.8 cm³/mol. The van der Waals surface area contributed by atoms with Gasteiger partial charge in [-0.3, -0.25) is 0 Å². The molecule has 1 aromatic carbocycles. The van der Waals surface area contributed by atoms with E-state index in [-0.39, 0.29) is 5.75 Å². The van der Waals surface area contributed by atoms with Gasteiger partial charge in [-0.1, -0.05) is 24.3 Å². The van der Waals surface area contributed by atoms with Crippen molar-refractivity contribution in [1.82, 2.24) is 9.84 Å². The minimum atomic E-state index is -3.32. The number of sulfonamides is 1. The van der Waals surface area contributed by atoms with E-state index in [0.717, 1.165) is 11.1 Å². The summed E-state index contributed by atoms with van der Waals surface area (Å²) in [6.07, 6.45) is 0. The molecule has 0 aromatic heterocycles. The third kappa shape index (κ3) is 4.28. The van der Waals surface area contributed by atoms with Crippen LogP contribution < -0.4 is 10.6 Å². The average Bonchev–Trinajstić information content (AvgIpc) is 2.15. The number of hydrogen-bond acceptors (Lipinski definition) is 4.